The minimum atomic E-state index is 0.587. The van der Waals surface area contributed by atoms with Gasteiger partial charge in [-0.2, -0.15) is 0 Å². The zero-order chi connectivity index (χ0) is 12.4. The Balaban J connectivity index is 1.66. The Bertz CT molecular complexity index is 274. The number of fused-ring (bicyclic) bond motifs is 1. The van der Waals surface area contributed by atoms with Gasteiger partial charge in [0, 0.05) is 31.3 Å². The topological polar surface area (TPSA) is 27.7 Å². The van der Waals surface area contributed by atoms with Crippen LogP contribution in [0, 0.1) is 0 Å². The lowest BCUT2D eigenvalue weighted by Crippen LogP contribution is -2.56. The van der Waals surface area contributed by atoms with E-state index >= 15 is 0 Å². The molecule has 0 aromatic heterocycles. The van der Waals surface area contributed by atoms with Gasteiger partial charge < -0.3 is 10.1 Å². The Morgan fingerprint density at radius 1 is 1.06 bits per heavy atom. The van der Waals surface area contributed by atoms with Crippen molar-refractivity contribution in [2.24, 2.45) is 0 Å². The SMILES string of the molecule is CNC1CCOCC1N1CCCN2CCCC2C1. The van der Waals surface area contributed by atoms with Gasteiger partial charge in [0.15, 0.2) is 0 Å². The molecule has 3 saturated heterocycles. The molecule has 3 rings (SSSR count). The smallest absolute Gasteiger partial charge is 0.0637 e. The first-order chi connectivity index (χ1) is 8.88. The Morgan fingerprint density at radius 2 is 1.89 bits per heavy atom. The van der Waals surface area contributed by atoms with E-state index in [1.807, 2.05) is 0 Å². The first kappa shape index (κ1) is 12.9. The summed E-state index contributed by atoms with van der Waals surface area (Å²) < 4.78 is 5.72. The van der Waals surface area contributed by atoms with E-state index in [4.69, 9.17) is 4.74 Å². The van der Waals surface area contributed by atoms with Gasteiger partial charge in [-0.05, 0) is 52.4 Å². The Kier molecular flexibility index (Phi) is 4.19. The van der Waals surface area contributed by atoms with Crippen molar-refractivity contribution in [3.05, 3.63) is 0 Å². The molecule has 0 radical (unpaired) electrons. The molecular weight excluding hydrogens is 226 g/mol. The maximum absolute atomic E-state index is 5.72. The predicted molar refractivity (Wildman–Crippen MR) is 72.9 cm³/mol. The van der Waals surface area contributed by atoms with E-state index in [2.05, 4.69) is 22.2 Å². The predicted octanol–water partition coefficient (Wildman–Crippen LogP) is 0.533. The fourth-order valence-corrected chi connectivity index (χ4v) is 3.96. The molecule has 0 amide bonds. The van der Waals surface area contributed by atoms with Gasteiger partial charge in [-0.3, -0.25) is 9.80 Å². The molecule has 0 aliphatic carbocycles. The first-order valence-electron chi connectivity index (χ1n) is 7.61. The summed E-state index contributed by atoms with van der Waals surface area (Å²) in [5.41, 5.74) is 0. The second-order valence-electron chi connectivity index (χ2n) is 6.01. The summed E-state index contributed by atoms with van der Waals surface area (Å²) in [6.07, 6.45) is 5.28. The van der Waals surface area contributed by atoms with Gasteiger partial charge in [0.2, 0.25) is 0 Å². The number of ether oxygens (including phenoxy) is 1. The summed E-state index contributed by atoms with van der Waals surface area (Å²) in [5.74, 6) is 0. The molecule has 0 aromatic rings. The second-order valence-corrected chi connectivity index (χ2v) is 6.01. The molecule has 3 atom stereocenters. The maximum Gasteiger partial charge on any atom is 0.0637 e. The van der Waals surface area contributed by atoms with Crippen LogP contribution in [0.1, 0.15) is 25.7 Å². The van der Waals surface area contributed by atoms with Crippen molar-refractivity contribution in [2.75, 3.05) is 46.4 Å². The molecular formula is C14H27N3O. The van der Waals surface area contributed by atoms with E-state index in [9.17, 15) is 0 Å². The molecule has 1 N–H and O–H groups in total. The highest BCUT2D eigenvalue weighted by molar-refractivity contribution is 4.92. The van der Waals surface area contributed by atoms with Gasteiger partial charge in [0.05, 0.1) is 6.61 Å². The van der Waals surface area contributed by atoms with Crippen LogP contribution in [0.25, 0.3) is 0 Å². The molecule has 104 valence electrons. The third-order valence-corrected chi connectivity index (χ3v) is 5.00. The lowest BCUT2D eigenvalue weighted by Gasteiger charge is -2.40. The molecule has 0 bridgehead atoms. The number of nitrogens with one attached hydrogen (secondary N) is 1. The average Bonchev–Trinajstić information content (AvgIpc) is 2.76. The van der Waals surface area contributed by atoms with Crippen LogP contribution in [0.3, 0.4) is 0 Å². The third-order valence-electron chi connectivity index (χ3n) is 5.00. The van der Waals surface area contributed by atoms with E-state index in [1.165, 1.54) is 45.4 Å². The van der Waals surface area contributed by atoms with Crippen molar-refractivity contribution in [1.29, 1.82) is 0 Å². The highest BCUT2D eigenvalue weighted by atomic mass is 16.5. The minimum absolute atomic E-state index is 0.587. The zero-order valence-electron chi connectivity index (χ0n) is 11.6. The standard InChI is InChI=1S/C14H27N3O/c1-15-13-5-9-18-11-14(13)17-8-3-7-16-6-2-4-12(16)10-17/h12-15H,2-11H2,1H3. The number of nitrogens with zero attached hydrogens (tertiary/aromatic N) is 2. The van der Waals surface area contributed by atoms with Crippen LogP contribution < -0.4 is 5.32 Å². The Hall–Kier alpha value is -0.160. The number of hydrogen-bond acceptors (Lipinski definition) is 4. The monoisotopic (exact) mass is 253 g/mol. The normalized spacial score (nSPS) is 39.5. The van der Waals surface area contributed by atoms with Crippen molar-refractivity contribution in [1.82, 2.24) is 15.1 Å². The molecule has 0 spiro atoms. The van der Waals surface area contributed by atoms with Gasteiger partial charge in [-0.15, -0.1) is 0 Å². The molecule has 3 fully saturated rings. The quantitative estimate of drug-likeness (QED) is 0.777. The van der Waals surface area contributed by atoms with E-state index in [1.54, 1.807) is 0 Å². The third kappa shape index (κ3) is 2.57. The van der Waals surface area contributed by atoms with Crippen LogP contribution in [-0.2, 0) is 4.74 Å². The van der Waals surface area contributed by atoms with Gasteiger partial charge in [0.25, 0.3) is 0 Å². The number of likely N-dealkylation sites (N-methyl/N-ethyl adjacent to an activating group) is 1. The van der Waals surface area contributed by atoms with E-state index in [0.29, 0.717) is 12.1 Å². The molecule has 4 nitrogen and oxygen atoms in total. The largest absolute Gasteiger partial charge is 0.380 e. The van der Waals surface area contributed by atoms with Crippen molar-refractivity contribution < 1.29 is 4.74 Å². The van der Waals surface area contributed by atoms with Crippen LogP contribution in [0.2, 0.25) is 0 Å². The van der Waals surface area contributed by atoms with Gasteiger partial charge in [-0.25, -0.2) is 0 Å². The maximum atomic E-state index is 5.72. The molecule has 3 unspecified atom stereocenters. The molecule has 3 heterocycles. The summed E-state index contributed by atoms with van der Waals surface area (Å²) in [5, 5.41) is 3.50. The van der Waals surface area contributed by atoms with Crippen molar-refractivity contribution in [3.63, 3.8) is 0 Å². The van der Waals surface area contributed by atoms with Gasteiger partial charge in [0.1, 0.15) is 0 Å². The molecule has 4 heteroatoms. The van der Waals surface area contributed by atoms with Crippen LogP contribution in [0.4, 0.5) is 0 Å². The molecule has 0 saturated carbocycles. The average molecular weight is 253 g/mol. The van der Waals surface area contributed by atoms with Crippen molar-refractivity contribution >= 4 is 0 Å². The minimum Gasteiger partial charge on any atom is -0.380 e. The van der Waals surface area contributed by atoms with Crippen LogP contribution >= 0.6 is 0 Å². The zero-order valence-corrected chi connectivity index (χ0v) is 11.6. The molecule has 3 aliphatic heterocycles. The summed E-state index contributed by atoms with van der Waals surface area (Å²) in [7, 11) is 2.10. The first-order valence-corrected chi connectivity index (χ1v) is 7.61. The molecule has 3 aliphatic rings. The highest BCUT2D eigenvalue weighted by Gasteiger charge is 2.35. The summed E-state index contributed by atoms with van der Waals surface area (Å²) in [6.45, 7) is 6.98. The highest BCUT2D eigenvalue weighted by Crippen LogP contribution is 2.24. The fraction of sp³-hybridized carbons (Fsp3) is 1.00. The molecule has 18 heavy (non-hydrogen) atoms. The number of hydrogen-bond donors (Lipinski definition) is 1. The van der Waals surface area contributed by atoms with Crippen LogP contribution in [0.15, 0.2) is 0 Å². The van der Waals surface area contributed by atoms with Crippen LogP contribution in [0.5, 0.6) is 0 Å². The Morgan fingerprint density at radius 3 is 2.78 bits per heavy atom. The summed E-state index contributed by atoms with van der Waals surface area (Å²) in [4.78, 5) is 5.41. The van der Waals surface area contributed by atoms with Gasteiger partial charge >= 0.3 is 0 Å². The summed E-state index contributed by atoms with van der Waals surface area (Å²) >= 11 is 0. The summed E-state index contributed by atoms with van der Waals surface area (Å²) in [6, 6.07) is 2.02. The van der Waals surface area contributed by atoms with E-state index < -0.39 is 0 Å². The van der Waals surface area contributed by atoms with Crippen LogP contribution in [-0.4, -0.2) is 74.4 Å². The lowest BCUT2D eigenvalue weighted by atomic mass is 10.0. The number of rotatable bonds is 2. The van der Waals surface area contributed by atoms with Gasteiger partial charge in [-0.1, -0.05) is 0 Å². The van der Waals surface area contributed by atoms with E-state index in [-0.39, 0.29) is 0 Å². The Labute approximate surface area is 111 Å². The fourth-order valence-electron chi connectivity index (χ4n) is 3.96. The molecule has 0 aromatic carbocycles. The van der Waals surface area contributed by atoms with E-state index in [0.717, 1.165) is 25.7 Å². The van der Waals surface area contributed by atoms with Crippen molar-refractivity contribution in [3.8, 4) is 0 Å². The second kappa shape index (κ2) is 5.87. The lowest BCUT2D eigenvalue weighted by molar-refractivity contribution is -0.00334. The van der Waals surface area contributed by atoms with Crippen molar-refractivity contribution in [2.45, 2.75) is 43.8 Å².